The molecule has 0 amide bonds. The highest BCUT2D eigenvalue weighted by molar-refractivity contribution is 5.73. The molecule has 0 atom stereocenters. The van der Waals surface area contributed by atoms with Gasteiger partial charge in [-0.25, -0.2) is 9.48 Å². The summed E-state index contributed by atoms with van der Waals surface area (Å²) < 4.78 is 30.5. The van der Waals surface area contributed by atoms with Crippen molar-refractivity contribution in [2.24, 2.45) is 0 Å². The highest BCUT2D eigenvalue weighted by Crippen LogP contribution is 2.18. The number of aromatic nitrogens is 3. The van der Waals surface area contributed by atoms with Gasteiger partial charge in [-0.1, -0.05) is 18.2 Å². The first-order chi connectivity index (χ1) is 8.49. The normalized spacial score (nSPS) is 11.2. The SMILES string of the molecule is O=C(O)C(F)(F)Oc1ncn(-c2ccccc2)n1. The lowest BCUT2D eigenvalue weighted by atomic mass is 10.3. The number of halogens is 2. The third-order valence-corrected chi connectivity index (χ3v) is 1.96. The van der Waals surface area contributed by atoms with E-state index < -0.39 is 18.1 Å². The van der Waals surface area contributed by atoms with E-state index in [4.69, 9.17) is 5.11 Å². The minimum absolute atomic E-state index is 0.582. The molecule has 18 heavy (non-hydrogen) atoms. The lowest BCUT2D eigenvalue weighted by molar-refractivity contribution is -0.212. The van der Waals surface area contributed by atoms with Crippen LogP contribution < -0.4 is 4.74 Å². The first kappa shape index (κ1) is 12.0. The second kappa shape index (κ2) is 4.40. The molecular weight excluding hydrogens is 248 g/mol. The fourth-order valence-corrected chi connectivity index (χ4v) is 1.16. The van der Waals surface area contributed by atoms with Crippen LogP contribution in [0, 0.1) is 0 Å². The Morgan fingerprint density at radius 1 is 1.33 bits per heavy atom. The van der Waals surface area contributed by atoms with Crippen LogP contribution in [0.3, 0.4) is 0 Å². The predicted octanol–water partition coefficient (Wildman–Crippen LogP) is 1.32. The van der Waals surface area contributed by atoms with Crippen LogP contribution in [0.25, 0.3) is 5.69 Å². The Balaban J connectivity index is 2.19. The Bertz CT molecular complexity index is 557. The molecule has 0 aliphatic rings. The van der Waals surface area contributed by atoms with Crippen LogP contribution in [0.15, 0.2) is 36.7 Å². The number of carboxylic acid groups (broad SMARTS) is 1. The molecule has 0 bridgehead atoms. The summed E-state index contributed by atoms with van der Waals surface area (Å²) in [6.07, 6.45) is -3.22. The highest BCUT2D eigenvalue weighted by atomic mass is 19.3. The molecule has 0 saturated carbocycles. The molecule has 0 radical (unpaired) electrons. The maximum Gasteiger partial charge on any atom is 0.504 e. The molecule has 94 valence electrons. The minimum Gasteiger partial charge on any atom is -0.474 e. The standard InChI is InChI=1S/C10H7F2N3O3/c11-10(12,8(16)17)18-9-13-6-15(14-9)7-4-2-1-3-5-7/h1-6H,(H,16,17). The molecule has 1 aromatic heterocycles. The Hall–Kier alpha value is -2.51. The van der Waals surface area contributed by atoms with Crippen LogP contribution in [0.1, 0.15) is 0 Å². The van der Waals surface area contributed by atoms with Crippen molar-refractivity contribution < 1.29 is 23.4 Å². The number of ether oxygens (including phenoxy) is 1. The first-order valence-corrected chi connectivity index (χ1v) is 4.76. The van der Waals surface area contributed by atoms with E-state index in [9.17, 15) is 13.6 Å². The number of benzene rings is 1. The predicted molar refractivity (Wildman–Crippen MR) is 54.6 cm³/mol. The van der Waals surface area contributed by atoms with Crippen molar-refractivity contribution in [2.45, 2.75) is 6.11 Å². The first-order valence-electron chi connectivity index (χ1n) is 4.76. The van der Waals surface area contributed by atoms with Gasteiger partial charge in [0.05, 0.1) is 5.69 Å². The van der Waals surface area contributed by atoms with Gasteiger partial charge in [-0.2, -0.15) is 13.8 Å². The number of alkyl halides is 2. The second-order valence-electron chi connectivity index (χ2n) is 3.23. The van der Waals surface area contributed by atoms with E-state index >= 15 is 0 Å². The molecule has 2 rings (SSSR count). The van der Waals surface area contributed by atoms with Gasteiger partial charge in [0.15, 0.2) is 0 Å². The maximum atomic E-state index is 12.7. The van der Waals surface area contributed by atoms with Gasteiger partial charge in [0.1, 0.15) is 6.33 Å². The van der Waals surface area contributed by atoms with Gasteiger partial charge in [-0.15, -0.1) is 5.10 Å². The average Bonchev–Trinajstić information content (AvgIpc) is 2.78. The summed E-state index contributed by atoms with van der Waals surface area (Å²) in [7, 11) is 0. The summed E-state index contributed by atoms with van der Waals surface area (Å²) >= 11 is 0. The lowest BCUT2D eigenvalue weighted by Crippen LogP contribution is -2.35. The quantitative estimate of drug-likeness (QED) is 0.891. The molecule has 0 aliphatic heterocycles. The number of rotatable bonds is 4. The third kappa shape index (κ3) is 2.42. The molecule has 1 aromatic carbocycles. The van der Waals surface area contributed by atoms with E-state index in [0.717, 1.165) is 6.33 Å². The molecule has 1 N–H and O–H groups in total. The zero-order valence-electron chi connectivity index (χ0n) is 8.83. The number of hydrogen-bond donors (Lipinski definition) is 1. The average molecular weight is 255 g/mol. The zero-order chi connectivity index (χ0) is 13.2. The van der Waals surface area contributed by atoms with Crippen LogP contribution in [-0.2, 0) is 4.79 Å². The second-order valence-corrected chi connectivity index (χ2v) is 3.23. The van der Waals surface area contributed by atoms with Crippen LogP contribution in [0.4, 0.5) is 8.78 Å². The molecule has 0 saturated heterocycles. The van der Waals surface area contributed by atoms with Crippen LogP contribution >= 0.6 is 0 Å². The van der Waals surface area contributed by atoms with Crippen LogP contribution in [0.2, 0.25) is 0 Å². The fraction of sp³-hybridized carbons (Fsp3) is 0.100. The summed E-state index contributed by atoms with van der Waals surface area (Å²) in [5.74, 6) is -2.40. The number of carboxylic acids is 1. The highest BCUT2D eigenvalue weighted by Gasteiger charge is 2.43. The van der Waals surface area contributed by atoms with Crippen LogP contribution in [-0.4, -0.2) is 31.9 Å². The molecule has 8 heteroatoms. The maximum absolute atomic E-state index is 12.7. The number of carbonyl (C=O) groups is 1. The Morgan fingerprint density at radius 3 is 2.61 bits per heavy atom. The molecule has 0 unspecified atom stereocenters. The smallest absolute Gasteiger partial charge is 0.474 e. The molecular formula is C10H7F2N3O3. The third-order valence-electron chi connectivity index (χ3n) is 1.96. The molecule has 6 nitrogen and oxygen atoms in total. The number of nitrogens with zero attached hydrogens (tertiary/aromatic N) is 3. The number of para-hydroxylation sites is 1. The van der Waals surface area contributed by atoms with Crippen LogP contribution in [0.5, 0.6) is 6.01 Å². The van der Waals surface area contributed by atoms with Crippen molar-refractivity contribution in [2.75, 3.05) is 0 Å². The number of aliphatic carboxylic acids is 1. The van der Waals surface area contributed by atoms with Gasteiger partial charge in [-0.05, 0) is 12.1 Å². The van der Waals surface area contributed by atoms with Crippen molar-refractivity contribution in [3.63, 3.8) is 0 Å². The monoisotopic (exact) mass is 255 g/mol. The van der Waals surface area contributed by atoms with Gasteiger partial charge in [0, 0.05) is 0 Å². The molecule has 0 aliphatic carbocycles. The Morgan fingerprint density at radius 2 is 2.00 bits per heavy atom. The van der Waals surface area contributed by atoms with E-state index in [1.54, 1.807) is 30.3 Å². The number of hydrogen-bond acceptors (Lipinski definition) is 4. The largest absolute Gasteiger partial charge is 0.504 e. The van der Waals surface area contributed by atoms with Crippen molar-refractivity contribution in [3.05, 3.63) is 36.7 Å². The lowest BCUT2D eigenvalue weighted by Gasteiger charge is -2.08. The Kier molecular flexibility index (Phi) is 2.92. The van der Waals surface area contributed by atoms with E-state index in [1.807, 2.05) is 0 Å². The summed E-state index contributed by atoms with van der Waals surface area (Å²) in [5.41, 5.74) is 0.582. The van der Waals surface area contributed by atoms with E-state index in [-0.39, 0.29) is 0 Å². The fourth-order valence-electron chi connectivity index (χ4n) is 1.16. The molecule has 1 heterocycles. The van der Waals surface area contributed by atoms with Gasteiger partial charge in [0.2, 0.25) is 0 Å². The van der Waals surface area contributed by atoms with Crippen molar-refractivity contribution in [1.29, 1.82) is 0 Å². The minimum atomic E-state index is -4.36. The van der Waals surface area contributed by atoms with Crippen molar-refractivity contribution >= 4 is 5.97 Å². The van der Waals surface area contributed by atoms with Gasteiger partial charge < -0.3 is 9.84 Å². The zero-order valence-corrected chi connectivity index (χ0v) is 8.83. The van der Waals surface area contributed by atoms with E-state index in [1.165, 1.54) is 4.68 Å². The van der Waals surface area contributed by atoms with E-state index in [2.05, 4.69) is 14.8 Å². The Labute approximate surface area is 99.4 Å². The summed E-state index contributed by atoms with van der Waals surface area (Å²) in [6.45, 7) is 0. The van der Waals surface area contributed by atoms with E-state index in [0.29, 0.717) is 5.69 Å². The summed E-state index contributed by atoms with van der Waals surface area (Å²) in [6, 6.07) is 7.86. The summed E-state index contributed by atoms with van der Waals surface area (Å²) in [4.78, 5) is 13.6. The topological polar surface area (TPSA) is 77.2 Å². The van der Waals surface area contributed by atoms with Crippen molar-refractivity contribution in [3.8, 4) is 11.7 Å². The molecule has 0 spiro atoms. The summed E-state index contributed by atoms with van der Waals surface area (Å²) in [5, 5.41) is 11.8. The van der Waals surface area contributed by atoms with Gasteiger partial charge in [0.25, 0.3) is 0 Å². The van der Waals surface area contributed by atoms with Gasteiger partial charge in [-0.3, -0.25) is 0 Å². The molecule has 2 aromatic rings. The van der Waals surface area contributed by atoms with Crippen molar-refractivity contribution in [1.82, 2.24) is 14.8 Å². The van der Waals surface area contributed by atoms with Gasteiger partial charge >= 0.3 is 18.1 Å². The molecule has 0 fully saturated rings.